The monoisotopic (exact) mass is 311 g/mol. The van der Waals surface area contributed by atoms with E-state index in [-0.39, 0.29) is 12.1 Å². The molecule has 2 atom stereocenters. The van der Waals surface area contributed by atoms with Gasteiger partial charge in [0.25, 0.3) is 0 Å². The number of carbonyl (C=O) groups is 1. The molecule has 0 radical (unpaired) electrons. The highest BCUT2D eigenvalue weighted by molar-refractivity contribution is 9.10. The summed E-state index contributed by atoms with van der Waals surface area (Å²) in [6, 6.07) is 5.16. The minimum absolute atomic E-state index is 0.0520. The van der Waals surface area contributed by atoms with Gasteiger partial charge in [-0.1, -0.05) is 13.3 Å². The van der Waals surface area contributed by atoms with Gasteiger partial charge in [-0.05, 0) is 59.3 Å². The average Bonchev–Trinajstić information content (AvgIpc) is 2.35. The van der Waals surface area contributed by atoms with Crippen molar-refractivity contribution in [2.24, 2.45) is 5.92 Å². The number of esters is 1. The Morgan fingerprint density at radius 3 is 2.78 bits per heavy atom. The smallest absolute Gasteiger partial charge is 0.338 e. The quantitative estimate of drug-likeness (QED) is 0.668. The molecule has 2 rings (SSSR count). The third-order valence-electron chi connectivity index (χ3n) is 3.52. The second-order valence-corrected chi connectivity index (χ2v) is 5.80. The van der Waals surface area contributed by atoms with Crippen molar-refractivity contribution >= 4 is 27.6 Å². The van der Waals surface area contributed by atoms with Gasteiger partial charge in [0.1, 0.15) is 6.10 Å². The summed E-state index contributed by atoms with van der Waals surface area (Å²) in [5.41, 5.74) is 6.84. The number of benzene rings is 1. The van der Waals surface area contributed by atoms with Crippen LogP contribution in [0.25, 0.3) is 0 Å². The molecule has 4 heteroatoms. The second-order valence-electron chi connectivity index (χ2n) is 4.94. The number of hydrogen-bond donors (Lipinski definition) is 1. The van der Waals surface area contributed by atoms with Gasteiger partial charge in [0, 0.05) is 10.2 Å². The van der Waals surface area contributed by atoms with Crippen LogP contribution in [-0.4, -0.2) is 12.1 Å². The van der Waals surface area contributed by atoms with E-state index in [0.717, 1.165) is 23.7 Å². The van der Waals surface area contributed by atoms with Crippen LogP contribution in [0.3, 0.4) is 0 Å². The zero-order valence-corrected chi connectivity index (χ0v) is 12.1. The molecule has 0 heterocycles. The van der Waals surface area contributed by atoms with Gasteiger partial charge in [-0.2, -0.15) is 0 Å². The van der Waals surface area contributed by atoms with Crippen LogP contribution in [0.2, 0.25) is 0 Å². The van der Waals surface area contributed by atoms with E-state index in [0.29, 0.717) is 17.2 Å². The number of rotatable bonds is 2. The lowest BCUT2D eigenvalue weighted by Gasteiger charge is -2.28. The molecule has 0 saturated heterocycles. The van der Waals surface area contributed by atoms with Gasteiger partial charge < -0.3 is 10.5 Å². The van der Waals surface area contributed by atoms with E-state index < -0.39 is 0 Å². The summed E-state index contributed by atoms with van der Waals surface area (Å²) >= 11 is 3.31. The lowest BCUT2D eigenvalue weighted by Crippen LogP contribution is -2.28. The van der Waals surface area contributed by atoms with Crippen LogP contribution in [0.15, 0.2) is 22.7 Å². The highest BCUT2D eigenvalue weighted by Gasteiger charge is 2.25. The van der Waals surface area contributed by atoms with E-state index in [1.807, 2.05) is 0 Å². The van der Waals surface area contributed by atoms with E-state index >= 15 is 0 Å². The Hall–Kier alpha value is -1.03. The van der Waals surface area contributed by atoms with Crippen molar-refractivity contribution < 1.29 is 9.53 Å². The standard InChI is InChI=1S/C14H18BrNO2/c1-9-4-2-3-5-13(9)18-14(17)10-6-7-11(15)12(16)8-10/h6-9,13H,2-5,16H2,1H3. The van der Waals surface area contributed by atoms with Gasteiger partial charge in [-0.15, -0.1) is 0 Å². The van der Waals surface area contributed by atoms with Crippen LogP contribution in [0.1, 0.15) is 43.0 Å². The van der Waals surface area contributed by atoms with Crippen molar-refractivity contribution in [3.8, 4) is 0 Å². The third-order valence-corrected chi connectivity index (χ3v) is 4.25. The highest BCUT2D eigenvalue weighted by atomic mass is 79.9. The maximum absolute atomic E-state index is 12.0. The van der Waals surface area contributed by atoms with E-state index in [4.69, 9.17) is 10.5 Å². The zero-order valence-electron chi connectivity index (χ0n) is 10.5. The number of anilines is 1. The first-order chi connectivity index (χ1) is 8.58. The zero-order chi connectivity index (χ0) is 13.1. The fraction of sp³-hybridized carbons (Fsp3) is 0.500. The first kappa shape index (κ1) is 13.4. The Bertz CT molecular complexity index is 447. The first-order valence-corrected chi connectivity index (χ1v) is 7.13. The minimum Gasteiger partial charge on any atom is -0.458 e. The van der Waals surface area contributed by atoms with Crippen molar-refractivity contribution in [3.63, 3.8) is 0 Å². The molecule has 1 saturated carbocycles. The van der Waals surface area contributed by atoms with Crippen molar-refractivity contribution in [2.45, 2.75) is 38.7 Å². The summed E-state index contributed by atoms with van der Waals surface area (Å²) in [4.78, 5) is 12.0. The van der Waals surface area contributed by atoms with Crippen LogP contribution in [0.5, 0.6) is 0 Å². The fourth-order valence-electron chi connectivity index (χ4n) is 2.33. The third kappa shape index (κ3) is 3.05. The number of hydrogen-bond acceptors (Lipinski definition) is 3. The molecule has 2 N–H and O–H groups in total. The molecule has 0 bridgehead atoms. The predicted molar refractivity (Wildman–Crippen MR) is 75.4 cm³/mol. The number of nitrogen functional groups attached to an aromatic ring is 1. The van der Waals surface area contributed by atoms with Gasteiger partial charge in [-0.3, -0.25) is 0 Å². The molecule has 0 amide bonds. The molecule has 98 valence electrons. The van der Waals surface area contributed by atoms with Gasteiger partial charge in [0.2, 0.25) is 0 Å². The molecule has 1 aliphatic carbocycles. The van der Waals surface area contributed by atoms with E-state index in [1.54, 1.807) is 18.2 Å². The van der Waals surface area contributed by atoms with Crippen LogP contribution < -0.4 is 5.73 Å². The van der Waals surface area contributed by atoms with Gasteiger partial charge in [0.05, 0.1) is 5.56 Å². The van der Waals surface area contributed by atoms with Crippen molar-refractivity contribution in [1.29, 1.82) is 0 Å². The number of ether oxygens (including phenoxy) is 1. The largest absolute Gasteiger partial charge is 0.458 e. The maximum Gasteiger partial charge on any atom is 0.338 e. The molecule has 1 aliphatic rings. The summed E-state index contributed by atoms with van der Waals surface area (Å²) in [7, 11) is 0. The molecule has 0 aliphatic heterocycles. The summed E-state index contributed by atoms with van der Waals surface area (Å²) in [6.45, 7) is 2.15. The molecule has 0 spiro atoms. The SMILES string of the molecule is CC1CCCCC1OC(=O)c1ccc(Br)c(N)c1. The molecule has 0 aromatic heterocycles. The topological polar surface area (TPSA) is 52.3 Å². The second kappa shape index (κ2) is 5.74. The van der Waals surface area contributed by atoms with Gasteiger partial charge in [0.15, 0.2) is 0 Å². The lowest BCUT2D eigenvalue weighted by molar-refractivity contribution is 0.00482. The molecular weight excluding hydrogens is 294 g/mol. The van der Waals surface area contributed by atoms with E-state index in [9.17, 15) is 4.79 Å². The van der Waals surface area contributed by atoms with E-state index in [1.165, 1.54) is 6.42 Å². The molecule has 3 nitrogen and oxygen atoms in total. The number of nitrogens with two attached hydrogens (primary N) is 1. The Balaban J connectivity index is 2.04. The Kier molecular flexibility index (Phi) is 4.27. The van der Waals surface area contributed by atoms with Crippen LogP contribution >= 0.6 is 15.9 Å². The summed E-state index contributed by atoms with van der Waals surface area (Å²) in [5, 5.41) is 0. The first-order valence-electron chi connectivity index (χ1n) is 6.34. The number of halogens is 1. The summed E-state index contributed by atoms with van der Waals surface area (Å²) < 4.78 is 6.37. The van der Waals surface area contributed by atoms with Gasteiger partial charge >= 0.3 is 5.97 Å². The normalized spacial score (nSPS) is 23.7. The minimum atomic E-state index is -0.270. The van der Waals surface area contributed by atoms with Crippen molar-refractivity contribution in [3.05, 3.63) is 28.2 Å². The maximum atomic E-state index is 12.0. The van der Waals surface area contributed by atoms with Crippen LogP contribution in [-0.2, 0) is 4.74 Å². The average molecular weight is 312 g/mol. The predicted octanol–water partition coefficient (Wildman–Crippen LogP) is 3.77. The van der Waals surface area contributed by atoms with Crippen LogP contribution in [0.4, 0.5) is 5.69 Å². The Labute approximate surface area is 116 Å². The van der Waals surface area contributed by atoms with Gasteiger partial charge in [-0.25, -0.2) is 4.79 Å². The van der Waals surface area contributed by atoms with E-state index in [2.05, 4.69) is 22.9 Å². The molecule has 1 aromatic carbocycles. The molecule has 2 unspecified atom stereocenters. The fourth-order valence-corrected chi connectivity index (χ4v) is 2.58. The molecular formula is C14H18BrNO2. The van der Waals surface area contributed by atoms with Crippen LogP contribution in [0, 0.1) is 5.92 Å². The summed E-state index contributed by atoms with van der Waals surface area (Å²) in [6.07, 6.45) is 4.54. The van der Waals surface area contributed by atoms with Crippen molar-refractivity contribution in [2.75, 3.05) is 5.73 Å². The lowest BCUT2D eigenvalue weighted by atomic mass is 9.88. The molecule has 1 aromatic rings. The Morgan fingerprint density at radius 2 is 2.11 bits per heavy atom. The summed E-state index contributed by atoms with van der Waals surface area (Å²) in [5.74, 6) is 0.184. The molecule has 18 heavy (non-hydrogen) atoms. The molecule has 1 fully saturated rings. The van der Waals surface area contributed by atoms with Crippen molar-refractivity contribution in [1.82, 2.24) is 0 Å². The Morgan fingerprint density at radius 1 is 1.39 bits per heavy atom. The highest BCUT2D eigenvalue weighted by Crippen LogP contribution is 2.27. The number of carbonyl (C=O) groups excluding carboxylic acids is 1.